The van der Waals surface area contributed by atoms with Crippen molar-refractivity contribution in [2.45, 2.75) is 44.5 Å². The van der Waals surface area contributed by atoms with Gasteiger partial charge < -0.3 is 39.3 Å². The van der Waals surface area contributed by atoms with Crippen LogP contribution in [-0.4, -0.2) is 118 Å². The van der Waals surface area contributed by atoms with E-state index in [4.69, 9.17) is 9.47 Å². The summed E-state index contributed by atoms with van der Waals surface area (Å²) in [5.74, 6) is 0.250. The molecule has 2 fully saturated rings. The third kappa shape index (κ3) is 6.86. The molecular formula is C29H36N8O7. The lowest BCUT2D eigenvalue weighted by molar-refractivity contribution is 0.0768. The largest absolute Gasteiger partial charge is 0.465 e. The van der Waals surface area contributed by atoms with E-state index in [-0.39, 0.29) is 81.5 Å². The fraction of sp³-hybridized carbons (Fsp3) is 0.517. The number of ether oxygens (including phenoxy) is 2. The smallest absolute Gasteiger partial charge is 0.412 e. The molecule has 2 atom stereocenters. The van der Waals surface area contributed by atoms with Crippen LogP contribution in [0.5, 0.6) is 6.01 Å². The Morgan fingerprint density at radius 3 is 2.50 bits per heavy atom. The van der Waals surface area contributed by atoms with Gasteiger partial charge in [-0.05, 0) is 32.0 Å². The van der Waals surface area contributed by atoms with Crippen LogP contribution in [0.1, 0.15) is 30.5 Å². The van der Waals surface area contributed by atoms with Crippen molar-refractivity contribution in [2.75, 3.05) is 62.7 Å². The molecule has 0 bridgehead atoms. The second kappa shape index (κ2) is 13.6. The van der Waals surface area contributed by atoms with E-state index in [0.29, 0.717) is 6.61 Å². The van der Waals surface area contributed by atoms with Gasteiger partial charge in [-0.15, -0.1) is 0 Å². The topological polar surface area (TPSA) is 176 Å². The predicted octanol–water partition coefficient (Wildman–Crippen LogP) is 2.67. The number of rotatable bonds is 7. The van der Waals surface area contributed by atoms with Crippen molar-refractivity contribution >= 4 is 29.8 Å². The van der Waals surface area contributed by atoms with Crippen LogP contribution in [0.3, 0.4) is 0 Å². The van der Waals surface area contributed by atoms with Crippen molar-refractivity contribution in [3.8, 4) is 12.1 Å². The highest BCUT2D eigenvalue weighted by molar-refractivity contribution is 5.92. The van der Waals surface area contributed by atoms with Gasteiger partial charge in [0.15, 0.2) is 5.82 Å². The number of carbonyl (C=O) groups is 3. The van der Waals surface area contributed by atoms with Crippen LogP contribution in [0.25, 0.3) is 0 Å². The van der Waals surface area contributed by atoms with E-state index < -0.39 is 24.3 Å². The highest BCUT2D eigenvalue weighted by Gasteiger charge is 2.37. The first-order valence-corrected chi connectivity index (χ1v) is 14.6. The monoisotopic (exact) mass is 608 g/mol. The number of piperazine rings is 1. The molecule has 2 aromatic rings. The van der Waals surface area contributed by atoms with E-state index in [2.05, 4.69) is 20.9 Å². The molecule has 1 aromatic carbocycles. The van der Waals surface area contributed by atoms with Gasteiger partial charge in [-0.1, -0.05) is 30.3 Å². The Hall–Kier alpha value is -4.84. The molecule has 0 spiro atoms. The van der Waals surface area contributed by atoms with E-state index in [1.54, 1.807) is 0 Å². The SMILES string of the molecule is CN1CCC[C@H]1COc1nc2c(c(N3CCN(C(=O)OCc4ccccc4)[C@@H](CC#N)C3)n1)N(C(=O)O)CCN(C(=O)O)C2. The quantitative estimate of drug-likeness (QED) is 0.471. The minimum absolute atomic E-state index is 0.0109. The summed E-state index contributed by atoms with van der Waals surface area (Å²) >= 11 is 0. The zero-order valence-corrected chi connectivity index (χ0v) is 24.5. The number of hydrogen-bond donors (Lipinski definition) is 2. The second-order valence-corrected chi connectivity index (χ2v) is 11.0. The first kappa shape index (κ1) is 30.6. The summed E-state index contributed by atoms with van der Waals surface area (Å²) in [6.07, 6.45) is -1.02. The van der Waals surface area contributed by atoms with Crippen LogP contribution in [0, 0.1) is 11.3 Å². The molecule has 4 heterocycles. The Bertz CT molecular complexity index is 1400. The lowest BCUT2D eigenvalue weighted by Crippen LogP contribution is -2.55. The molecule has 3 aliphatic rings. The molecule has 44 heavy (non-hydrogen) atoms. The number of fused-ring (bicyclic) bond motifs is 1. The molecule has 2 saturated heterocycles. The molecule has 234 valence electrons. The van der Waals surface area contributed by atoms with Gasteiger partial charge in [-0.3, -0.25) is 4.90 Å². The van der Waals surface area contributed by atoms with Gasteiger partial charge in [0, 0.05) is 38.8 Å². The van der Waals surface area contributed by atoms with Crippen molar-refractivity contribution in [3.05, 3.63) is 41.6 Å². The number of likely N-dealkylation sites (tertiary alicyclic amines) is 1. The fourth-order valence-electron chi connectivity index (χ4n) is 5.82. The van der Waals surface area contributed by atoms with Crippen molar-refractivity contribution in [1.82, 2.24) is 24.7 Å². The molecule has 0 aliphatic carbocycles. The number of carboxylic acid groups (broad SMARTS) is 2. The molecule has 0 saturated carbocycles. The molecule has 3 aliphatic heterocycles. The first-order valence-electron chi connectivity index (χ1n) is 14.6. The molecule has 0 radical (unpaired) electrons. The number of nitriles is 1. The van der Waals surface area contributed by atoms with Crippen LogP contribution in [0.2, 0.25) is 0 Å². The number of aromatic nitrogens is 2. The summed E-state index contributed by atoms with van der Waals surface area (Å²) in [7, 11) is 2.01. The van der Waals surface area contributed by atoms with Gasteiger partial charge in [0.25, 0.3) is 0 Å². The van der Waals surface area contributed by atoms with Crippen molar-refractivity contribution < 1.29 is 34.1 Å². The van der Waals surface area contributed by atoms with Crippen molar-refractivity contribution in [1.29, 1.82) is 5.26 Å². The number of nitrogens with zero attached hydrogens (tertiary/aromatic N) is 8. The number of amides is 3. The van der Waals surface area contributed by atoms with E-state index >= 15 is 0 Å². The highest BCUT2D eigenvalue weighted by Crippen LogP contribution is 2.36. The third-order valence-corrected chi connectivity index (χ3v) is 8.25. The van der Waals surface area contributed by atoms with Gasteiger partial charge in [0.1, 0.15) is 18.9 Å². The second-order valence-electron chi connectivity index (χ2n) is 11.0. The Labute approximate surface area is 254 Å². The maximum Gasteiger partial charge on any atom is 0.412 e. The molecule has 3 amide bonds. The molecule has 1 aromatic heterocycles. The average molecular weight is 609 g/mol. The molecule has 0 unspecified atom stereocenters. The highest BCUT2D eigenvalue weighted by atomic mass is 16.6. The molecule has 15 nitrogen and oxygen atoms in total. The summed E-state index contributed by atoms with van der Waals surface area (Å²) in [5, 5.41) is 29.5. The normalized spacial score (nSPS) is 20.5. The van der Waals surface area contributed by atoms with Crippen molar-refractivity contribution in [2.24, 2.45) is 0 Å². The third-order valence-electron chi connectivity index (χ3n) is 8.25. The van der Waals surface area contributed by atoms with E-state index in [1.165, 1.54) is 4.90 Å². The first-order chi connectivity index (χ1) is 21.2. The van der Waals surface area contributed by atoms with Crippen LogP contribution in [0.4, 0.5) is 25.9 Å². The molecular weight excluding hydrogens is 572 g/mol. The minimum Gasteiger partial charge on any atom is -0.465 e. The summed E-state index contributed by atoms with van der Waals surface area (Å²) in [4.78, 5) is 54.3. The zero-order valence-electron chi connectivity index (χ0n) is 24.5. The van der Waals surface area contributed by atoms with E-state index in [9.17, 15) is 29.9 Å². The van der Waals surface area contributed by atoms with E-state index in [1.807, 2.05) is 42.3 Å². The van der Waals surface area contributed by atoms with Gasteiger partial charge in [-0.2, -0.15) is 15.2 Å². The summed E-state index contributed by atoms with van der Waals surface area (Å²) in [6.45, 7) is 1.63. The number of anilines is 2. The molecule has 2 N–H and O–H groups in total. The molecule has 15 heteroatoms. The van der Waals surface area contributed by atoms with Crippen LogP contribution < -0.4 is 14.5 Å². The summed E-state index contributed by atoms with van der Waals surface area (Å²) in [5.41, 5.74) is 1.21. The number of carbonyl (C=O) groups excluding carboxylic acids is 1. The summed E-state index contributed by atoms with van der Waals surface area (Å²) < 4.78 is 11.6. The maximum atomic E-state index is 13.1. The minimum atomic E-state index is -1.28. The molecule has 5 rings (SSSR count). The van der Waals surface area contributed by atoms with Gasteiger partial charge >= 0.3 is 24.3 Å². The number of hydrogen-bond acceptors (Lipinski definition) is 10. The Kier molecular flexibility index (Phi) is 9.49. The van der Waals surface area contributed by atoms with Crippen LogP contribution >= 0.6 is 0 Å². The Morgan fingerprint density at radius 2 is 1.82 bits per heavy atom. The summed E-state index contributed by atoms with van der Waals surface area (Å²) in [6, 6.07) is 11.0. The number of likely N-dealkylation sites (N-methyl/N-ethyl adjacent to an activating group) is 1. The van der Waals surface area contributed by atoms with Gasteiger partial charge in [0.2, 0.25) is 0 Å². The maximum absolute atomic E-state index is 13.1. The van der Waals surface area contributed by atoms with Crippen molar-refractivity contribution in [3.63, 3.8) is 0 Å². The van der Waals surface area contributed by atoms with Gasteiger partial charge in [0.05, 0.1) is 30.8 Å². The van der Waals surface area contributed by atoms with E-state index in [0.717, 1.165) is 34.7 Å². The Morgan fingerprint density at radius 1 is 1.02 bits per heavy atom. The predicted molar refractivity (Wildman–Crippen MR) is 157 cm³/mol. The fourth-order valence-corrected chi connectivity index (χ4v) is 5.82. The van der Waals surface area contributed by atoms with Gasteiger partial charge in [-0.25, -0.2) is 14.4 Å². The number of benzene rings is 1. The lowest BCUT2D eigenvalue weighted by Gasteiger charge is -2.41. The zero-order chi connectivity index (χ0) is 31.2. The standard InChI is InChI=1S/C29H36N8O7/c1-33-11-5-8-22(33)19-43-26-31-23-17-35(27(38)39)13-15-37(28(40)41)24(23)25(32-26)34-12-14-36(21(16-34)9-10-30)29(42)44-18-20-6-3-2-4-7-20/h2-4,6-7,21-22H,5,8-9,11-19H2,1H3,(H,38,39)(H,40,41)/t21-,22-/m0/s1. The Balaban J connectivity index is 1.44. The van der Waals surface area contributed by atoms with Crippen LogP contribution in [-0.2, 0) is 17.9 Å². The van der Waals surface area contributed by atoms with Crippen LogP contribution in [0.15, 0.2) is 30.3 Å². The lowest BCUT2D eigenvalue weighted by atomic mass is 10.1. The average Bonchev–Trinajstić information content (AvgIpc) is 3.32.